The molecule has 0 saturated heterocycles. The van der Waals surface area contributed by atoms with Gasteiger partial charge in [-0.05, 0) is 18.6 Å². The van der Waals surface area contributed by atoms with Crippen LogP contribution in [0.1, 0.15) is 19.2 Å². The molecule has 0 aliphatic rings. The fourth-order valence-corrected chi connectivity index (χ4v) is 1.48. The quantitative estimate of drug-likeness (QED) is 0.579. The molecule has 2 N–H and O–H groups in total. The molecule has 7 heteroatoms. The Morgan fingerprint density at radius 1 is 1.75 bits per heavy atom. The third kappa shape index (κ3) is 3.17. The summed E-state index contributed by atoms with van der Waals surface area (Å²) in [6.45, 7) is 2.14. The molecule has 0 fully saturated rings. The van der Waals surface area contributed by atoms with Crippen LogP contribution in [-0.4, -0.2) is 27.2 Å². The number of carbonyl (C=O) groups is 1. The van der Waals surface area contributed by atoms with Crippen molar-refractivity contribution < 1.29 is 4.79 Å². The minimum Gasteiger partial charge on any atom is -0.341 e. The van der Waals surface area contributed by atoms with E-state index in [2.05, 4.69) is 15.5 Å². The van der Waals surface area contributed by atoms with Crippen LogP contribution in [0, 0.1) is 16.1 Å². The summed E-state index contributed by atoms with van der Waals surface area (Å²) in [4.78, 5) is 11.4. The van der Waals surface area contributed by atoms with E-state index in [0.717, 1.165) is 18.7 Å². The normalized spacial score (nSPS) is 9.75. The van der Waals surface area contributed by atoms with Crippen LogP contribution >= 0.6 is 12.2 Å². The van der Waals surface area contributed by atoms with Crippen molar-refractivity contribution in [3.05, 3.63) is 10.6 Å². The monoisotopic (exact) mass is 239 g/mol. The number of hydrogen-bond donors (Lipinski definition) is 2. The highest BCUT2D eigenvalue weighted by Gasteiger charge is 2.08. The van der Waals surface area contributed by atoms with Gasteiger partial charge in [0.15, 0.2) is 4.77 Å². The molecule has 1 rings (SSSR count). The molecule has 0 bridgehead atoms. The van der Waals surface area contributed by atoms with Gasteiger partial charge in [-0.2, -0.15) is 10.4 Å². The fourth-order valence-electron chi connectivity index (χ4n) is 1.27. The second kappa shape index (κ2) is 6.02. The minimum atomic E-state index is -0.239. The summed E-state index contributed by atoms with van der Waals surface area (Å²) in [6, 6.07) is 1.84. The molecule has 1 heterocycles. The number of aromatic amines is 1. The van der Waals surface area contributed by atoms with Gasteiger partial charge in [-0.3, -0.25) is 14.5 Å². The zero-order chi connectivity index (χ0) is 12.0. The van der Waals surface area contributed by atoms with E-state index in [9.17, 15) is 4.79 Å². The Bertz CT molecular complexity index is 455. The number of hydrogen-bond acceptors (Lipinski definition) is 4. The maximum absolute atomic E-state index is 11.4. The Morgan fingerprint density at radius 2 is 2.50 bits per heavy atom. The van der Waals surface area contributed by atoms with Crippen LogP contribution in [0.4, 0.5) is 0 Å². The van der Waals surface area contributed by atoms with Crippen LogP contribution in [0.15, 0.2) is 0 Å². The molecule has 1 amide bonds. The van der Waals surface area contributed by atoms with Gasteiger partial charge in [0, 0.05) is 6.42 Å². The van der Waals surface area contributed by atoms with E-state index in [1.807, 2.05) is 13.0 Å². The zero-order valence-electron chi connectivity index (χ0n) is 8.99. The van der Waals surface area contributed by atoms with Crippen LogP contribution in [0.2, 0.25) is 0 Å². The molecule has 0 atom stereocenters. The number of nitrogens with zero attached hydrogens (tertiary/aromatic N) is 3. The lowest BCUT2D eigenvalue weighted by molar-refractivity contribution is -0.121. The summed E-state index contributed by atoms with van der Waals surface area (Å²) in [5.41, 5.74) is 0. The van der Waals surface area contributed by atoms with E-state index in [-0.39, 0.29) is 19.0 Å². The fraction of sp³-hybridized carbons (Fsp3) is 0.556. The van der Waals surface area contributed by atoms with Gasteiger partial charge in [-0.15, -0.1) is 0 Å². The van der Waals surface area contributed by atoms with Gasteiger partial charge >= 0.3 is 0 Å². The number of nitrogens with one attached hydrogen (secondary N) is 2. The Labute approximate surface area is 98.3 Å². The molecule has 0 radical (unpaired) electrons. The first kappa shape index (κ1) is 12.4. The van der Waals surface area contributed by atoms with Crippen LogP contribution in [-0.2, 0) is 17.8 Å². The lowest BCUT2D eigenvalue weighted by Gasteiger charge is -2.05. The van der Waals surface area contributed by atoms with E-state index in [1.165, 1.54) is 0 Å². The molecule has 16 heavy (non-hydrogen) atoms. The number of aryl methyl sites for hydroxylation is 1. The van der Waals surface area contributed by atoms with Crippen molar-refractivity contribution in [1.82, 2.24) is 20.1 Å². The van der Waals surface area contributed by atoms with Crippen molar-refractivity contribution >= 4 is 18.1 Å². The second-order valence-corrected chi connectivity index (χ2v) is 3.60. The maximum atomic E-state index is 11.4. The minimum absolute atomic E-state index is 0.00706. The van der Waals surface area contributed by atoms with Crippen molar-refractivity contribution in [2.75, 3.05) is 6.54 Å². The summed E-state index contributed by atoms with van der Waals surface area (Å²) in [7, 11) is 0. The predicted molar refractivity (Wildman–Crippen MR) is 60.0 cm³/mol. The number of amides is 1. The third-order valence-electron chi connectivity index (χ3n) is 1.98. The second-order valence-electron chi connectivity index (χ2n) is 3.22. The summed E-state index contributed by atoms with van der Waals surface area (Å²) in [5, 5.41) is 17.5. The van der Waals surface area contributed by atoms with E-state index in [1.54, 1.807) is 4.57 Å². The molecular weight excluding hydrogens is 226 g/mol. The first-order chi connectivity index (χ1) is 7.69. The lowest BCUT2D eigenvalue weighted by Crippen LogP contribution is -2.28. The zero-order valence-corrected chi connectivity index (χ0v) is 9.80. The third-order valence-corrected chi connectivity index (χ3v) is 2.29. The van der Waals surface area contributed by atoms with Crippen LogP contribution < -0.4 is 5.32 Å². The average molecular weight is 239 g/mol. The maximum Gasteiger partial charge on any atom is 0.240 e. The largest absolute Gasteiger partial charge is 0.341 e. The molecular formula is C9H13N5OS. The van der Waals surface area contributed by atoms with Crippen molar-refractivity contribution in [1.29, 1.82) is 5.26 Å². The van der Waals surface area contributed by atoms with Crippen molar-refractivity contribution in [3.8, 4) is 6.07 Å². The lowest BCUT2D eigenvalue weighted by atomic mass is 10.3. The summed E-state index contributed by atoms with van der Waals surface area (Å²) in [5.74, 6) is 0.524. The molecule has 0 unspecified atom stereocenters. The van der Waals surface area contributed by atoms with Crippen molar-refractivity contribution in [2.45, 2.75) is 26.3 Å². The van der Waals surface area contributed by atoms with Crippen molar-refractivity contribution in [2.24, 2.45) is 0 Å². The Kier molecular flexibility index (Phi) is 4.66. The Hall–Kier alpha value is -1.68. The van der Waals surface area contributed by atoms with Crippen LogP contribution in [0.25, 0.3) is 0 Å². The standard InChI is InChI=1S/C9H13N5OS/c1-2-3-7-12-13-9(16)14(7)6-8(15)11-5-4-10/h2-3,5-6H2,1H3,(H,11,15)(H,13,16). The van der Waals surface area contributed by atoms with Crippen LogP contribution in [0.3, 0.4) is 0 Å². The molecule has 0 aliphatic heterocycles. The average Bonchev–Trinajstić information content (AvgIpc) is 2.59. The predicted octanol–water partition coefficient (Wildman–Crippen LogP) is 0.533. The van der Waals surface area contributed by atoms with Gasteiger partial charge in [0.1, 0.15) is 18.9 Å². The van der Waals surface area contributed by atoms with Gasteiger partial charge in [0.05, 0.1) is 6.07 Å². The van der Waals surface area contributed by atoms with Crippen molar-refractivity contribution in [3.63, 3.8) is 0 Å². The molecule has 0 spiro atoms. The molecule has 1 aromatic heterocycles. The van der Waals surface area contributed by atoms with Gasteiger partial charge in [0.25, 0.3) is 0 Å². The number of rotatable bonds is 5. The number of carbonyl (C=O) groups excluding carboxylic acids is 1. The Balaban J connectivity index is 2.72. The van der Waals surface area contributed by atoms with Crippen LogP contribution in [0.5, 0.6) is 0 Å². The molecule has 86 valence electrons. The number of nitriles is 1. The number of H-pyrrole nitrogens is 1. The summed E-state index contributed by atoms with van der Waals surface area (Å²) < 4.78 is 2.07. The first-order valence-electron chi connectivity index (χ1n) is 4.96. The highest BCUT2D eigenvalue weighted by Crippen LogP contribution is 2.01. The highest BCUT2D eigenvalue weighted by atomic mass is 32.1. The summed E-state index contributed by atoms with van der Waals surface area (Å²) in [6.07, 6.45) is 1.69. The topological polar surface area (TPSA) is 86.5 Å². The van der Waals surface area contributed by atoms with Gasteiger partial charge < -0.3 is 5.32 Å². The molecule has 1 aromatic rings. The van der Waals surface area contributed by atoms with E-state index < -0.39 is 0 Å². The molecule has 6 nitrogen and oxygen atoms in total. The molecule has 0 aromatic carbocycles. The van der Waals surface area contributed by atoms with Gasteiger partial charge in [-0.1, -0.05) is 6.92 Å². The Morgan fingerprint density at radius 3 is 3.12 bits per heavy atom. The molecule has 0 aliphatic carbocycles. The van der Waals surface area contributed by atoms with E-state index in [4.69, 9.17) is 17.5 Å². The first-order valence-corrected chi connectivity index (χ1v) is 5.37. The SMILES string of the molecule is CCCc1n[nH]c(=S)n1CC(=O)NCC#N. The smallest absolute Gasteiger partial charge is 0.240 e. The highest BCUT2D eigenvalue weighted by molar-refractivity contribution is 7.71. The van der Waals surface area contributed by atoms with E-state index >= 15 is 0 Å². The van der Waals surface area contributed by atoms with Gasteiger partial charge in [0.2, 0.25) is 5.91 Å². The van der Waals surface area contributed by atoms with Gasteiger partial charge in [-0.25, -0.2) is 0 Å². The number of aromatic nitrogens is 3. The summed E-state index contributed by atoms with van der Waals surface area (Å²) >= 11 is 5.02. The molecule has 0 saturated carbocycles. The van der Waals surface area contributed by atoms with E-state index in [0.29, 0.717) is 4.77 Å².